The lowest BCUT2D eigenvalue weighted by Crippen LogP contribution is -2.28. The lowest BCUT2D eigenvalue weighted by molar-refractivity contribution is -0.122. The van der Waals surface area contributed by atoms with Crippen molar-refractivity contribution in [1.29, 1.82) is 0 Å². The highest BCUT2D eigenvalue weighted by Crippen LogP contribution is 2.28. The summed E-state index contributed by atoms with van der Waals surface area (Å²) in [5.41, 5.74) is 4.05. The molecule has 1 heterocycles. The number of anilines is 2. The van der Waals surface area contributed by atoms with Gasteiger partial charge in [0.2, 0.25) is 11.8 Å². The summed E-state index contributed by atoms with van der Waals surface area (Å²) in [6.07, 6.45) is 1.22. The summed E-state index contributed by atoms with van der Waals surface area (Å²) in [6, 6.07) is 15.8. The Morgan fingerprint density at radius 1 is 1.15 bits per heavy atom. The zero-order valence-corrected chi connectivity index (χ0v) is 15.7. The lowest BCUT2D eigenvalue weighted by atomic mass is 10.0. The number of nitrogens with zero attached hydrogens (tertiary/aromatic N) is 1. The predicted octanol–water partition coefficient (Wildman–Crippen LogP) is 4.36. The Balaban J connectivity index is 1.71. The molecule has 0 bridgehead atoms. The molecule has 2 amide bonds. The van der Waals surface area contributed by atoms with E-state index in [9.17, 15) is 9.59 Å². The molecule has 1 aliphatic rings. The van der Waals surface area contributed by atoms with E-state index in [4.69, 9.17) is 0 Å². The molecule has 2 aromatic rings. The minimum absolute atomic E-state index is 0.00606. The average molecular weight is 350 g/mol. The molecule has 1 atom stereocenters. The number of carbonyl (C=O) groups excluding carboxylic acids is 2. The minimum Gasteiger partial charge on any atom is -0.326 e. The Labute approximate surface area is 155 Å². The zero-order chi connectivity index (χ0) is 18.7. The number of benzene rings is 2. The summed E-state index contributed by atoms with van der Waals surface area (Å²) in [7, 11) is 0. The van der Waals surface area contributed by atoms with E-state index < -0.39 is 0 Å². The van der Waals surface area contributed by atoms with Crippen LogP contribution in [0.1, 0.15) is 44.2 Å². The molecule has 0 saturated carbocycles. The summed E-state index contributed by atoms with van der Waals surface area (Å²) < 4.78 is 0. The predicted molar refractivity (Wildman–Crippen MR) is 105 cm³/mol. The highest BCUT2D eigenvalue weighted by atomic mass is 16.2. The molecule has 0 radical (unpaired) electrons. The van der Waals surface area contributed by atoms with Crippen LogP contribution in [0.15, 0.2) is 48.5 Å². The molecule has 1 fully saturated rings. The first-order valence-electron chi connectivity index (χ1n) is 9.28. The number of nitrogens with one attached hydrogen (secondary N) is 1. The molecule has 3 rings (SSSR count). The third-order valence-electron chi connectivity index (χ3n) is 4.99. The molecule has 4 nitrogen and oxygen atoms in total. The molecule has 1 unspecified atom stereocenters. The van der Waals surface area contributed by atoms with Crippen LogP contribution < -0.4 is 10.2 Å². The van der Waals surface area contributed by atoms with Gasteiger partial charge >= 0.3 is 0 Å². The fourth-order valence-electron chi connectivity index (χ4n) is 3.39. The van der Waals surface area contributed by atoms with Gasteiger partial charge in [-0.2, -0.15) is 0 Å². The standard InChI is InChI=1S/C22H26N2O2/c1-4-16-9-11-18(12-10-16)24-14-17(13-21(24)25)22(26)23-20-8-6-5-7-19(20)15(2)3/h5-12,15,17H,4,13-14H2,1-3H3,(H,23,26). The first kappa shape index (κ1) is 18.2. The van der Waals surface area contributed by atoms with Crippen molar-refractivity contribution in [1.82, 2.24) is 0 Å². The molecule has 136 valence electrons. The van der Waals surface area contributed by atoms with Crippen LogP contribution in [0, 0.1) is 5.92 Å². The maximum Gasteiger partial charge on any atom is 0.229 e. The number of rotatable bonds is 5. The maximum atomic E-state index is 12.7. The van der Waals surface area contributed by atoms with E-state index in [2.05, 4.69) is 26.1 Å². The van der Waals surface area contributed by atoms with E-state index in [-0.39, 0.29) is 24.2 Å². The second kappa shape index (κ2) is 7.73. The Kier molecular flexibility index (Phi) is 5.40. The van der Waals surface area contributed by atoms with Crippen LogP contribution in [0.2, 0.25) is 0 Å². The van der Waals surface area contributed by atoms with Crippen LogP contribution in [0.4, 0.5) is 11.4 Å². The van der Waals surface area contributed by atoms with Crippen LogP contribution in [-0.2, 0) is 16.0 Å². The van der Waals surface area contributed by atoms with Gasteiger partial charge in [-0.15, -0.1) is 0 Å². The van der Waals surface area contributed by atoms with Gasteiger partial charge in [0.25, 0.3) is 0 Å². The normalized spacial score (nSPS) is 17.0. The molecule has 1 saturated heterocycles. The smallest absolute Gasteiger partial charge is 0.229 e. The number of para-hydroxylation sites is 1. The fraction of sp³-hybridized carbons (Fsp3) is 0.364. The van der Waals surface area contributed by atoms with Crippen molar-refractivity contribution >= 4 is 23.2 Å². The summed E-state index contributed by atoms with van der Waals surface area (Å²) in [5, 5.41) is 3.03. The topological polar surface area (TPSA) is 49.4 Å². The van der Waals surface area contributed by atoms with E-state index >= 15 is 0 Å². The third-order valence-corrected chi connectivity index (χ3v) is 4.99. The molecule has 0 aromatic heterocycles. The van der Waals surface area contributed by atoms with E-state index in [0.29, 0.717) is 12.5 Å². The average Bonchev–Trinajstić information content (AvgIpc) is 3.04. The van der Waals surface area contributed by atoms with Gasteiger partial charge in [-0.25, -0.2) is 0 Å². The Morgan fingerprint density at radius 2 is 1.85 bits per heavy atom. The van der Waals surface area contributed by atoms with Crippen molar-refractivity contribution < 1.29 is 9.59 Å². The largest absolute Gasteiger partial charge is 0.326 e. The highest BCUT2D eigenvalue weighted by molar-refractivity contribution is 6.03. The first-order valence-corrected chi connectivity index (χ1v) is 9.28. The second-order valence-corrected chi connectivity index (χ2v) is 7.16. The van der Waals surface area contributed by atoms with Gasteiger partial charge in [0.15, 0.2) is 0 Å². The lowest BCUT2D eigenvalue weighted by Gasteiger charge is -2.18. The van der Waals surface area contributed by atoms with Gasteiger partial charge in [0, 0.05) is 24.3 Å². The summed E-state index contributed by atoms with van der Waals surface area (Å²) in [5.74, 6) is -0.0791. The van der Waals surface area contributed by atoms with Crippen molar-refractivity contribution in [2.45, 2.75) is 39.5 Å². The molecule has 2 aromatic carbocycles. The monoisotopic (exact) mass is 350 g/mol. The fourth-order valence-corrected chi connectivity index (χ4v) is 3.39. The van der Waals surface area contributed by atoms with Gasteiger partial charge in [0.05, 0.1) is 5.92 Å². The maximum absolute atomic E-state index is 12.7. The van der Waals surface area contributed by atoms with E-state index in [1.165, 1.54) is 5.56 Å². The number of aryl methyl sites for hydroxylation is 1. The van der Waals surface area contributed by atoms with Crippen LogP contribution >= 0.6 is 0 Å². The SMILES string of the molecule is CCc1ccc(N2CC(C(=O)Nc3ccccc3C(C)C)CC2=O)cc1. The molecule has 1 aliphatic heterocycles. The van der Waals surface area contributed by atoms with Gasteiger partial charge in [-0.1, -0.05) is 51.1 Å². The van der Waals surface area contributed by atoms with Gasteiger partial charge < -0.3 is 10.2 Å². The van der Waals surface area contributed by atoms with Crippen molar-refractivity contribution in [3.8, 4) is 0 Å². The van der Waals surface area contributed by atoms with Crippen molar-refractivity contribution in [3.63, 3.8) is 0 Å². The molecule has 26 heavy (non-hydrogen) atoms. The number of hydrogen-bond acceptors (Lipinski definition) is 2. The van der Waals surface area contributed by atoms with Gasteiger partial charge in [0.1, 0.15) is 0 Å². The molecular formula is C22H26N2O2. The Morgan fingerprint density at radius 3 is 2.50 bits per heavy atom. The molecular weight excluding hydrogens is 324 g/mol. The van der Waals surface area contributed by atoms with E-state index in [1.807, 2.05) is 48.5 Å². The third kappa shape index (κ3) is 3.79. The summed E-state index contributed by atoms with van der Waals surface area (Å²) >= 11 is 0. The zero-order valence-electron chi connectivity index (χ0n) is 15.7. The van der Waals surface area contributed by atoms with Crippen LogP contribution in [0.5, 0.6) is 0 Å². The summed E-state index contributed by atoms with van der Waals surface area (Å²) in [6.45, 7) is 6.74. The quantitative estimate of drug-likeness (QED) is 0.871. The van der Waals surface area contributed by atoms with Crippen LogP contribution in [0.25, 0.3) is 0 Å². The van der Waals surface area contributed by atoms with Crippen molar-refractivity contribution in [2.24, 2.45) is 5.92 Å². The minimum atomic E-state index is -0.325. The second-order valence-electron chi connectivity index (χ2n) is 7.16. The Hall–Kier alpha value is -2.62. The number of amides is 2. The van der Waals surface area contributed by atoms with Crippen molar-refractivity contribution in [3.05, 3.63) is 59.7 Å². The molecule has 1 N–H and O–H groups in total. The number of hydrogen-bond donors (Lipinski definition) is 1. The van der Waals surface area contributed by atoms with Gasteiger partial charge in [-0.3, -0.25) is 9.59 Å². The first-order chi connectivity index (χ1) is 12.5. The molecule has 4 heteroatoms. The molecule has 0 aliphatic carbocycles. The van der Waals surface area contributed by atoms with Crippen LogP contribution in [0.3, 0.4) is 0 Å². The highest BCUT2D eigenvalue weighted by Gasteiger charge is 2.35. The number of carbonyl (C=O) groups is 2. The van der Waals surface area contributed by atoms with Crippen LogP contribution in [-0.4, -0.2) is 18.4 Å². The van der Waals surface area contributed by atoms with Crippen molar-refractivity contribution in [2.75, 3.05) is 16.8 Å². The Bertz CT molecular complexity index is 796. The summed E-state index contributed by atoms with van der Waals surface area (Å²) in [4.78, 5) is 26.9. The van der Waals surface area contributed by atoms with E-state index in [0.717, 1.165) is 23.4 Å². The van der Waals surface area contributed by atoms with E-state index in [1.54, 1.807) is 4.90 Å². The van der Waals surface area contributed by atoms with Gasteiger partial charge in [-0.05, 0) is 41.7 Å². The molecule has 0 spiro atoms.